The maximum atomic E-state index is 13.1. The predicted octanol–water partition coefficient (Wildman–Crippen LogP) is 1.47. The second kappa shape index (κ2) is 9.77. The van der Waals surface area contributed by atoms with Crippen molar-refractivity contribution in [2.45, 2.75) is 6.54 Å². The van der Waals surface area contributed by atoms with E-state index in [1.54, 1.807) is 68.8 Å². The first kappa shape index (κ1) is 23.6. The van der Waals surface area contributed by atoms with Crippen molar-refractivity contribution < 1.29 is 0 Å². The molecule has 5 N–H and O–H groups in total. The second-order valence-corrected chi connectivity index (χ2v) is 8.00. The minimum Gasteiger partial charge on any atom is -0.404 e. The highest BCUT2D eigenvalue weighted by molar-refractivity contribution is 6.30. The van der Waals surface area contributed by atoms with Crippen LogP contribution in [0.5, 0.6) is 0 Å². The van der Waals surface area contributed by atoms with Crippen molar-refractivity contribution in [3.63, 3.8) is 0 Å². The van der Waals surface area contributed by atoms with Gasteiger partial charge in [0.15, 0.2) is 0 Å². The van der Waals surface area contributed by atoms with E-state index in [1.807, 2.05) is 0 Å². The van der Waals surface area contributed by atoms with Crippen LogP contribution < -0.4 is 27.8 Å². The molecule has 35 heavy (non-hydrogen) atoms. The summed E-state index contributed by atoms with van der Waals surface area (Å²) >= 11 is 5.96. The maximum Gasteiger partial charge on any atom is 0.332 e. The number of aliphatic imine (C=N–C) groups is 1. The molecule has 0 aliphatic heterocycles. The Morgan fingerprint density at radius 3 is 2.66 bits per heavy atom. The molecule has 0 radical (unpaired) electrons. The molecule has 0 amide bonds. The van der Waals surface area contributed by atoms with Crippen molar-refractivity contribution in [2.24, 2.45) is 17.8 Å². The molecular weight excluding hydrogens is 468 g/mol. The summed E-state index contributed by atoms with van der Waals surface area (Å²) in [6.07, 6.45) is 4.50. The summed E-state index contributed by atoms with van der Waals surface area (Å²) in [7, 11) is 3.21. The van der Waals surface area contributed by atoms with Crippen molar-refractivity contribution in [2.75, 3.05) is 12.4 Å². The Bertz CT molecular complexity index is 1640. The highest BCUT2D eigenvalue weighted by atomic mass is 35.5. The summed E-state index contributed by atoms with van der Waals surface area (Å²) < 4.78 is 4.11. The Morgan fingerprint density at radius 2 is 1.97 bits per heavy atom. The van der Waals surface area contributed by atoms with E-state index in [4.69, 9.17) is 28.2 Å². The number of aryl methyl sites for hydroxylation is 1. The largest absolute Gasteiger partial charge is 0.404 e. The SMILES string of the molecule is C/N=C(\C=C/N)Nc1nccc(-c2cc(=N)n3c(=N)n(Cc4ccc(Cl)cc4)c(=O)n(C)c3c2)n1. The average molecular weight is 491 g/mol. The smallest absolute Gasteiger partial charge is 0.332 e. The Balaban J connectivity index is 1.81. The number of hydrogen-bond acceptors (Lipinski definition) is 7. The maximum absolute atomic E-state index is 13.1. The Hall–Kier alpha value is -4.51. The van der Waals surface area contributed by atoms with Crippen molar-refractivity contribution in [3.8, 4) is 11.3 Å². The minimum atomic E-state index is -0.385. The summed E-state index contributed by atoms with van der Waals surface area (Å²) in [4.78, 5) is 25.9. The van der Waals surface area contributed by atoms with E-state index in [9.17, 15) is 4.79 Å². The summed E-state index contributed by atoms with van der Waals surface area (Å²) in [6.45, 7) is 0.173. The van der Waals surface area contributed by atoms with Gasteiger partial charge in [-0.3, -0.25) is 24.9 Å². The lowest BCUT2D eigenvalue weighted by Gasteiger charge is -2.15. The molecule has 0 spiro atoms. The zero-order chi connectivity index (χ0) is 25.1. The zero-order valence-electron chi connectivity index (χ0n) is 19.0. The molecule has 178 valence electrons. The molecule has 12 heteroatoms. The monoisotopic (exact) mass is 490 g/mol. The first-order valence-electron chi connectivity index (χ1n) is 10.5. The lowest BCUT2D eigenvalue weighted by atomic mass is 10.2. The van der Waals surface area contributed by atoms with Gasteiger partial charge >= 0.3 is 5.69 Å². The standard InChI is InChI=1S/C23H23ClN10O/c1-28-19(7-9-25)31-22-29-10-8-17(30-22)15-11-18(26)34-20(12-15)32(2)23(35)33(21(34)27)13-14-3-5-16(24)6-4-14/h3-12,26-27H,13,25H2,1-2H3,(H,28,29,30,31)/b9-7-,26-18?,27-21?. The van der Waals surface area contributed by atoms with Crippen molar-refractivity contribution in [1.82, 2.24) is 23.5 Å². The van der Waals surface area contributed by atoms with Gasteiger partial charge in [0, 0.05) is 30.9 Å². The first-order valence-corrected chi connectivity index (χ1v) is 10.9. The van der Waals surface area contributed by atoms with Gasteiger partial charge in [-0.25, -0.2) is 19.2 Å². The topological polar surface area (TPSA) is 155 Å². The average Bonchev–Trinajstić information content (AvgIpc) is 2.85. The summed E-state index contributed by atoms with van der Waals surface area (Å²) in [5.41, 5.74) is 7.27. The van der Waals surface area contributed by atoms with Crippen LogP contribution in [0, 0.1) is 10.8 Å². The van der Waals surface area contributed by atoms with Gasteiger partial charge in [0.2, 0.25) is 11.6 Å². The van der Waals surface area contributed by atoms with Gasteiger partial charge < -0.3 is 11.1 Å². The van der Waals surface area contributed by atoms with Gasteiger partial charge in [-0.15, -0.1) is 0 Å². The second-order valence-electron chi connectivity index (χ2n) is 7.56. The highest BCUT2D eigenvalue weighted by Crippen LogP contribution is 2.17. The number of anilines is 1. The summed E-state index contributed by atoms with van der Waals surface area (Å²) in [5.74, 6) is 0.774. The van der Waals surface area contributed by atoms with Gasteiger partial charge in [0.05, 0.1) is 12.2 Å². The molecule has 0 bridgehead atoms. The summed E-state index contributed by atoms with van der Waals surface area (Å²) in [6, 6.07) is 12.1. The van der Waals surface area contributed by atoms with E-state index in [0.29, 0.717) is 33.7 Å². The highest BCUT2D eigenvalue weighted by Gasteiger charge is 2.13. The van der Waals surface area contributed by atoms with Gasteiger partial charge in [-0.2, -0.15) is 0 Å². The number of fused-ring (bicyclic) bond motifs is 1. The molecule has 3 heterocycles. The summed E-state index contributed by atoms with van der Waals surface area (Å²) in [5, 5.41) is 20.8. The molecule has 4 aromatic rings. The molecule has 4 rings (SSSR count). The van der Waals surface area contributed by atoms with Gasteiger partial charge in [-0.05, 0) is 48.2 Å². The number of pyridine rings is 1. The Morgan fingerprint density at radius 1 is 1.23 bits per heavy atom. The lowest BCUT2D eigenvalue weighted by Crippen LogP contribution is -2.46. The number of nitrogens with one attached hydrogen (secondary N) is 3. The van der Waals surface area contributed by atoms with Crippen LogP contribution in [0.25, 0.3) is 16.9 Å². The molecule has 11 nitrogen and oxygen atoms in total. The molecule has 0 unspecified atom stereocenters. The molecule has 0 aliphatic rings. The third-order valence-corrected chi connectivity index (χ3v) is 5.57. The van der Waals surface area contributed by atoms with Crippen LogP contribution in [0.15, 0.2) is 70.7 Å². The van der Waals surface area contributed by atoms with Crippen LogP contribution in [0.2, 0.25) is 5.02 Å². The lowest BCUT2D eigenvalue weighted by molar-refractivity contribution is 0.578. The van der Waals surface area contributed by atoms with E-state index in [2.05, 4.69) is 20.3 Å². The zero-order valence-corrected chi connectivity index (χ0v) is 19.8. The van der Waals surface area contributed by atoms with E-state index in [0.717, 1.165) is 5.56 Å². The van der Waals surface area contributed by atoms with E-state index >= 15 is 0 Å². The molecule has 0 fully saturated rings. The Labute approximate surface area is 204 Å². The normalized spacial score (nSPS) is 11.9. The van der Waals surface area contributed by atoms with Crippen molar-refractivity contribution >= 4 is 29.0 Å². The third-order valence-electron chi connectivity index (χ3n) is 5.32. The first-order chi connectivity index (χ1) is 16.8. The van der Waals surface area contributed by atoms with Crippen molar-refractivity contribution in [3.05, 3.63) is 93.1 Å². The van der Waals surface area contributed by atoms with Crippen LogP contribution >= 0.6 is 11.6 Å². The van der Waals surface area contributed by atoms with E-state index in [1.165, 1.54) is 19.7 Å². The van der Waals surface area contributed by atoms with E-state index < -0.39 is 0 Å². The van der Waals surface area contributed by atoms with E-state index in [-0.39, 0.29) is 23.3 Å². The number of hydrogen-bond donors (Lipinski definition) is 4. The quantitative estimate of drug-likeness (QED) is 0.246. The number of halogens is 1. The molecule has 0 aliphatic carbocycles. The fourth-order valence-electron chi connectivity index (χ4n) is 3.56. The van der Waals surface area contributed by atoms with Crippen LogP contribution in [-0.4, -0.2) is 36.4 Å². The van der Waals surface area contributed by atoms with Crippen LogP contribution in [0.3, 0.4) is 0 Å². The van der Waals surface area contributed by atoms with Crippen LogP contribution in [-0.2, 0) is 13.6 Å². The third kappa shape index (κ3) is 4.75. The van der Waals surface area contributed by atoms with Crippen LogP contribution in [0.1, 0.15) is 5.56 Å². The molecule has 0 saturated carbocycles. The number of aromatic nitrogens is 5. The number of nitrogens with zero attached hydrogens (tertiary/aromatic N) is 6. The molecule has 1 aromatic carbocycles. The minimum absolute atomic E-state index is 0.0259. The Kier molecular flexibility index (Phi) is 6.60. The fraction of sp³-hybridized carbons (Fsp3) is 0.130. The van der Waals surface area contributed by atoms with Gasteiger partial charge in [-0.1, -0.05) is 23.7 Å². The van der Waals surface area contributed by atoms with Crippen LogP contribution in [0.4, 0.5) is 5.95 Å². The molecule has 0 atom stereocenters. The predicted molar refractivity (Wildman–Crippen MR) is 134 cm³/mol. The number of nitrogens with two attached hydrogens (primary N) is 1. The molecule has 3 aromatic heterocycles. The molecular formula is C23H23ClN10O. The van der Waals surface area contributed by atoms with Gasteiger partial charge in [0.1, 0.15) is 17.0 Å². The number of benzene rings is 1. The number of rotatable bonds is 5. The van der Waals surface area contributed by atoms with Gasteiger partial charge in [0.25, 0.3) is 0 Å². The molecule has 0 saturated heterocycles. The van der Waals surface area contributed by atoms with Crippen molar-refractivity contribution in [1.29, 1.82) is 10.8 Å². The number of amidine groups is 1. The fourth-order valence-corrected chi connectivity index (χ4v) is 3.69.